The molecule has 0 unspecified atom stereocenters. The van der Waals surface area contributed by atoms with Crippen molar-refractivity contribution in [1.82, 2.24) is 19.2 Å². The van der Waals surface area contributed by atoms with Crippen LogP contribution in [0, 0.1) is 5.82 Å². The Kier molecular flexibility index (Phi) is 5.78. The van der Waals surface area contributed by atoms with Crippen molar-refractivity contribution >= 4 is 23.2 Å². The summed E-state index contributed by atoms with van der Waals surface area (Å²) in [5, 5.41) is 0.703. The molecule has 2 aromatic carbocycles. The van der Waals surface area contributed by atoms with Gasteiger partial charge < -0.3 is 9.30 Å². The Hall–Kier alpha value is -3.22. The maximum Gasteiger partial charge on any atom is 0.254 e. The molecule has 1 amide bonds. The first-order chi connectivity index (χ1) is 17.0. The summed E-state index contributed by atoms with van der Waals surface area (Å²) in [6.45, 7) is 3.44. The molecule has 2 fully saturated rings. The van der Waals surface area contributed by atoms with E-state index in [1.807, 2.05) is 29.2 Å². The zero-order chi connectivity index (χ0) is 23.9. The van der Waals surface area contributed by atoms with Crippen LogP contribution in [0.25, 0.3) is 16.9 Å². The van der Waals surface area contributed by atoms with Crippen molar-refractivity contribution in [3.05, 3.63) is 94.5 Å². The van der Waals surface area contributed by atoms with Crippen LogP contribution in [-0.2, 0) is 6.54 Å². The van der Waals surface area contributed by atoms with E-state index in [9.17, 15) is 9.18 Å². The molecule has 178 valence electrons. The minimum Gasteiger partial charge on any atom is -0.336 e. The Morgan fingerprint density at radius 3 is 2.49 bits per heavy atom. The molecule has 2 aromatic heterocycles. The molecule has 2 aliphatic rings. The van der Waals surface area contributed by atoms with Gasteiger partial charge in [-0.05, 0) is 60.7 Å². The lowest BCUT2D eigenvalue weighted by Crippen LogP contribution is -2.48. The van der Waals surface area contributed by atoms with Gasteiger partial charge in [0.15, 0.2) is 0 Å². The number of imidazole rings is 1. The fourth-order valence-corrected chi connectivity index (χ4v) is 5.01. The molecule has 0 N–H and O–H groups in total. The highest BCUT2D eigenvalue weighted by Gasteiger charge is 2.27. The Morgan fingerprint density at radius 1 is 1.00 bits per heavy atom. The van der Waals surface area contributed by atoms with E-state index in [1.54, 1.807) is 12.1 Å². The minimum atomic E-state index is -0.387. The standard InChI is InChI=1S/C28H26ClFN4O/c29-23-9-6-20(7-10-23)27-25(34-17-22(19-4-5-19)8-11-26(34)31-27)18-32-12-14-33(15-13-32)28(35)21-2-1-3-24(30)16-21/h1-3,6-11,16-17,19H,4-5,12-15,18H2. The number of pyridine rings is 1. The molecule has 5 nitrogen and oxygen atoms in total. The van der Waals surface area contributed by atoms with Crippen LogP contribution in [0.4, 0.5) is 4.39 Å². The third kappa shape index (κ3) is 4.56. The van der Waals surface area contributed by atoms with E-state index >= 15 is 0 Å². The summed E-state index contributed by atoms with van der Waals surface area (Å²) in [6.07, 6.45) is 4.75. The summed E-state index contributed by atoms with van der Waals surface area (Å²) < 4.78 is 15.8. The lowest BCUT2D eigenvalue weighted by atomic mass is 10.1. The second-order valence-corrected chi connectivity index (χ2v) is 9.89. The van der Waals surface area contributed by atoms with Gasteiger partial charge in [0.25, 0.3) is 5.91 Å². The summed E-state index contributed by atoms with van der Waals surface area (Å²) in [5.74, 6) is 0.156. The van der Waals surface area contributed by atoms with Gasteiger partial charge >= 0.3 is 0 Å². The van der Waals surface area contributed by atoms with Gasteiger partial charge in [-0.1, -0.05) is 35.9 Å². The van der Waals surface area contributed by atoms with E-state index in [2.05, 4.69) is 27.6 Å². The number of hydrogen-bond donors (Lipinski definition) is 0. The maximum absolute atomic E-state index is 13.6. The van der Waals surface area contributed by atoms with Crippen LogP contribution < -0.4 is 0 Å². The molecule has 6 rings (SSSR count). The van der Waals surface area contributed by atoms with Crippen molar-refractivity contribution in [3.63, 3.8) is 0 Å². The molecule has 1 aliphatic carbocycles. The van der Waals surface area contributed by atoms with Gasteiger partial charge in [0.1, 0.15) is 11.5 Å². The Labute approximate surface area is 208 Å². The first-order valence-corrected chi connectivity index (χ1v) is 12.5. The van der Waals surface area contributed by atoms with Crippen LogP contribution in [0.5, 0.6) is 0 Å². The van der Waals surface area contributed by atoms with E-state index in [0.29, 0.717) is 29.6 Å². The van der Waals surface area contributed by atoms with Crippen LogP contribution in [0.1, 0.15) is 40.4 Å². The highest BCUT2D eigenvalue weighted by atomic mass is 35.5. The minimum absolute atomic E-state index is 0.116. The summed E-state index contributed by atoms with van der Waals surface area (Å²) in [4.78, 5) is 22.0. The highest BCUT2D eigenvalue weighted by molar-refractivity contribution is 6.30. The normalized spacial score (nSPS) is 16.7. The molecule has 0 radical (unpaired) electrons. The summed E-state index contributed by atoms with van der Waals surface area (Å²) in [7, 11) is 0. The number of carbonyl (C=O) groups is 1. The molecule has 35 heavy (non-hydrogen) atoms. The molecule has 4 aromatic rings. The first-order valence-electron chi connectivity index (χ1n) is 12.1. The Bertz CT molecular complexity index is 1390. The molecule has 7 heteroatoms. The number of halogens is 2. The smallest absolute Gasteiger partial charge is 0.254 e. The van der Waals surface area contributed by atoms with Crippen molar-refractivity contribution in [2.24, 2.45) is 0 Å². The summed E-state index contributed by atoms with van der Waals surface area (Å²) in [6, 6.07) is 18.1. The van der Waals surface area contributed by atoms with E-state index in [-0.39, 0.29) is 11.7 Å². The fourth-order valence-electron chi connectivity index (χ4n) is 4.88. The molecule has 1 saturated heterocycles. The van der Waals surface area contributed by atoms with Crippen molar-refractivity contribution in [2.45, 2.75) is 25.3 Å². The summed E-state index contributed by atoms with van der Waals surface area (Å²) >= 11 is 6.14. The van der Waals surface area contributed by atoms with E-state index in [4.69, 9.17) is 16.6 Å². The van der Waals surface area contributed by atoms with Crippen LogP contribution in [0.2, 0.25) is 5.02 Å². The lowest BCUT2D eigenvalue weighted by molar-refractivity contribution is 0.0626. The van der Waals surface area contributed by atoms with Crippen LogP contribution in [0.15, 0.2) is 66.9 Å². The van der Waals surface area contributed by atoms with Crippen molar-refractivity contribution in [2.75, 3.05) is 26.2 Å². The molecular formula is C28H26ClFN4O. The predicted octanol–water partition coefficient (Wildman–Crippen LogP) is 5.63. The number of hydrogen-bond acceptors (Lipinski definition) is 3. The monoisotopic (exact) mass is 488 g/mol. The van der Waals surface area contributed by atoms with Crippen molar-refractivity contribution in [3.8, 4) is 11.3 Å². The molecule has 1 saturated carbocycles. The van der Waals surface area contributed by atoms with Crippen molar-refractivity contribution in [1.29, 1.82) is 0 Å². The van der Waals surface area contributed by atoms with Crippen LogP contribution in [-0.4, -0.2) is 51.3 Å². The molecule has 0 bridgehead atoms. The summed E-state index contributed by atoms with van der Waals surface area (Å²) in [5.41, 5.74) is 5.86. The third-order valence-corrected chi connectivity index (χ3v) is 7.26. The number of nitrogens with zero attached hydrogens (tertiary/aromatic N) is 4. The SMILES string of the molecule is O=C(c1cccc(F)c1)N1CCN(Cc2c(-c3ccc(Cl)cc3)nc3ccc(C4CC4)cn23)CC1. The van der Waals surface area contributed by atoms with E-state index < -0.39 is 0 Å². The zero-order valence-electron chi connectivity index (χ0n) is 19.3. The van der Waals surface area contributed by atoms with Gasteiger partial charge in [-0.25, -0.2) is 9.37 Å². The zero-order valence-corrected chi connectivity index (χ0v) is 20.1. The largest absolute Gasteiger partial charge is 0.336 e. The predicted molar refractivity (Wildman–Crippen MR) is 135 cm³/mol. The molecule has 3 heterocycles. The topological polar surface area (TPSA) is 40.9 Å². The van der Waals surface area contributed by atoms with Gasteiger partial charge in [-0.15, -0.1) is 0 Å². The van der Waals surface area contributed by atoms with Gasteiger partial charge in [0.2, 0.25) is 0 Å². The number of amides is 1. The number of carbonyl (C=O) groups excluding carboxylic acids is 1. The second kappa shape index (κ2) is 9.10. The molecular weight excluding hydrogens is 463 g/mol. The average Bonchev–Trinajstić information content (AvgIpc) is 3.67. The molecule has 0 spiro atoms. The van der Waals surface area contributed by atoms with E-state index in [1.165, 1.54) is 30.5 Å². The van der Waals surface area contributed by atoms with Gasteiger partial charge in [-0.2, -0.15) is 0 Å². The van der Waals surface area contributed by atoms with E-state index in [0.717, 1.165) is 42.2 Å². The van der Waals surface area contributed by atoms with Gasteiger partial charge in [-0.3, -0.25) is 9.69 Å². The number of benzene rings is 2. The lowest BCUT2D eigenvalue weighted by Gasteiger charge is -2.34. The quantitative estimate of drug-likeness (QED) is 0.365. The second-order valence-electron chi connectivity index (χ2n) is 9.46. The molecule has 0 atom stereocenters. The number of aromatic nitrogens is 2. The van der Waals surface area contributed by atoms with Crippen molar-refractivity contribution < 1.29 is 9.18 Å². The Balaban J connectivity index is 1.25. The highest BCUT2D eigenvalue weighted by Crippen LogP contribution is 2.40. The van der Waals surface area contributed by atoms with Crippen LogP contribution >= 0.6 is 11.6 Å². The Morgan fingerprint density at radius 2 is 1.77 bits per heavy atom. The molecule has 1 aliphatic heterocycles. The maximum atomic E-state index is 13.6. The number of rotatable bonds is 5. The van der Waals surface area contributed by atoms with Crippen LogP contribution in [0.3, 0.4) is 0 Å². The van der Waals surface area contributed by atoms with Gasteiger partial charge in [0.05, 0.1) is 11.4 Å². The third-order valence-electron chi connectivity index (χ3n) is 7.01. The van der Waals surface area contributed by atoms with Gasteiger partial charge in [0, 0.05) is 55.1 Å². The fraction of sp³-hybridized carbons (Fsp3) is 0.286. The first kappa shape index (κ1) is 22.3. The average molecular weight is 489 g/mol. The number of fused-ring (bicyclic) bond motifs is 1. The number of piperazine rings is 1.